The summed E-state index contributed by atoms with van der Waals surface area (Å²) in [5.74, 6) is -27.5. The third kappa shape index (κ3) is 7.24. The first-order valence-corrected chi connectivity index (χ1v) is 17.4. The Kier molecular flexibility index (Phi) is 13.1. The number of ketones is 6. The van der Waals surface area contributed by atoms with Crippen LogP contribution in [0.25, 0.3) is 0 Å². The molecule has 3 fully saturated rings. The topological polar surface area (TPSA) is 274 Å². The fourth-order valence-electron chi connectivity index (χ4n) is 4.54. The molecule has 0 aromatic carbocycles. The summed E-state index contributed by atoms with van der Waals surface area (Å²) in [7, 11) is -18.4. The Morgan fingerprint density at radius 3 is 0.654 bits per heavy atom. The van der Waals surface area contributed by atoms with Crippen LogP contribution in [-0.2, 0) is 59.1 Å². The van der Waals surface area contributed by atoms with Crippen LogP contribution < -0.4 is 0 Å². The van der Waals surface area contributed by atoms with E-state index in [-0.39, 0.29) is 26.2 Å². The van der Waals surface area contributed by atoms with E-state index in [1.54, 1.807) is 0 Å². The van der Waals surface area contributed by atoms with E-state index in [0.717, 1.165) is 41.5 Å². The second kappa shape index (κ2) is 13.6. The number of carbonyl (C=O) groups is 6. The van der Waals surface area contributed by atoms with Crippen molar-refractivity contribution in [3.05, 3.63) is 0 Å². The first-order valence-electron chi connectivity index (χ1n) is 13.2. The van der Waals surface area contributed by atoms with Gasteiger partial charge in [-0.05, 0) is 0 Å². The zero-order valence-electron chi connectivity index (χ0n) is 26.8. The molecule has 3 rings (SSSR count). The van der Waals surface area contributed by atoms with Crippen molar-refractivity contribution in [2.24, 2.45) is 16.2 Å². The Morgan fingerprint density at radius 2 is 0.538 bits per heavy atom. The van der Waals surface area contributed by atoms with Crippen molar-refractivity contribution in [1.82, 2.24) is 0 Å². The SMILES string of the molecule is CC1(C)CC(=O)C(F)(S(=O)(=O)[O-])C(=O)C1(F)F.CC1(C)CC(=O)C(F)(S(=O)(=O)[O-])C(=O)C1(F)F.CC1(C)CC(=O)C(F)(S(=O)(=O)[O-])C(=O)C1(F)F.[Bi+3]. The second-order valence-electron chi connectivity index (χ2n) is 13.3. The van der Waals surface area contributed by atoms with Crippen LogP contribution in [0.15, 0.2) is 0 Å². The third-order valence-corrected chi connectivity index (χ3v) is 11.5. The summed E-state index contributed by atoms with van der Waals surface area (Å²) in [5.41, 5.74) is -6.70. The average Bonchev–Trinajstić information content (AvgIpc) is 2.90. The number of halogens is 9. The van der Waals surface area contributed by atoms with Crippen molar-refractivity contribution in [3.8, 4) is 0 Å². The van der Waals surface area contributed by atoms with Gasteiger partial charge in [0.15, 0.2) is 17.3 Å². The van der Waals surface area contributed by atoms with E-state index in [9.17, 15) is 107 Å². The molecule has 2 radical (unpaired) electrons. The van der Waals surface area contributed by atoms with Crippen molar-refractivity contribution in [2.45, 2.75) is 93.6 Å². The van der Waals surface area contributed by atoms with Crippen LogP contribution >= 0.6 is 0 Å². The predicted octanol–water partition coefficient (Wildman–Crippen LogP) is 0.822. The van der Waals surface area contributed by atoms with E-state index in [1.807, 2.05) is 0 Å². The first kappa shape index (κ1) is 50.0. The monoisotopic (exact) mass is 1030 g/mol. The van der Waals surface area contributed by atoms with Gasteiger partial charge in [0.05, 0.1) is 0 Å². The number of Topliss-reactive ketones (excluding diaryl/α,β-unsaturated/α-hetero) is 6. The van der Waals surface area contributed by atoms with Crippen molar-refractivity contribution in [1.29, 1.82) is 0 Å². The van der Waals surface area contributed by atoms with Gasteiger partial charge < -0.3 is 13.7 Å². The Morgan fingerprint density at radius 1 is 0.404 bits per heavy atom. The van der Waals surface area contributed by atoms with Gasteiger partial charge in [-0.25, -0.2) is 38.4 Å². The zero-order valence-corrected chi connectivity index (χ0v) is 32.7. The Labute approximate surface area is 307 Å². The van der Waals surface area contributed by atoms with Crippen LogP contribution in [0, 0.1) is 16.2 Å². The van der Waals surface area contributed by atoms with Gasteiger partial charge in [0.2, 0.25) is 0 Å². The van der Waals surface area contributed by atoms with Gasteiger partial charge in [-0.15, -0.1) is 0 Å². The molecule has 3 unspecified atom stereocenters. The molecule has 3 saturated carbocycles. The van der Waals surface area contributed by atoms with Crippen molar-refractivity contribution < 1.29 is 107 Å². The molecule has 0 bridgehead atoms. The van der Waals surface area contributed by atoms with Gasteiger partial charge in [-0.1, -0.05) is 41.5 Å². The molecule has 15 nitrogen and oxygen atoms in total. The van der Waals surface area contributed by atoms with Crippen LogP contribution in [0.3, 0.4) is 0 Å². The van der Waals surface area contributed by atoms with Crippen LogP contribution in [0.5, 0.6) is 0 Å². The molecule has 0 spiro atoms. The fraction of sp³-hybridized carbons (Fsp3) is 0.750. The van der Waals surface area contributed by atoms with Crippen molar-refractivity contribution in [2.75, 3.05) is 0 Å². The molecule has 0 amide bonds. The summed E-state index contributed by atoms with van der Waals surface area (Å²) < 4.78 is 216. The standard InChI is InChI=1S/3C8H9F3O5S.Bi/c3*1-6(2)3-4(12)7(9,17(14,15)16)5(13)8(6,10)11;/h3*3H2,1-2H3,(H,14,15,16);/q;;;+3/p-3. The molecule has 3 atom stereocenters. The number of rotatable bonds is 3. The maximum absolute atomic E-state index is 13.6. The Balaban J connectivity index is 0.000000743. The summed E-state index contributed by atoms with van der Waals surface area (Å²) in [6.45, 7) is 4.83. The van der Waals surface area contributed by atoms with Gasteiger partial charge in [0, 0.05) is 35.5 Å². The predicted molar refractivity (Wildman–Crippen MR) is 146 cm³/mol. The van der Waals surface area contributed by atoms with E-state index in [2.05, 4.69) is 0 Å². The molecule has 0 heterocycles. The molecule has 28 heteroatoms. The van der Waals surface area contributed by atoms with E-state index >= 15 is 0 Å². The molecule has 0 aromatic rings. The Bertz CT molecular complexity index is 1710. The molecule has 0 saturated heterocycles. The van der Waals surface area contributed by atoms with E-state index in [0.29, 0.717) is 0 Å². The number of alkyl halides is 9. The summed E-state index contributed by atoms with van der Waals surface area (Å²) in [6.07, 6.45) is -3.66. The van der Waals surface area contributed by atoms with Crippen LogP contribution in [0.2, 0.25) is 0 Å². The number of carbonyl (C=O) groups excluding carboxylic acids is 6. The second-order valence-corrected chi connectivity index (χ2v) is 17.7. The van der Waals surface area contributed by atoms with E-state index in [4.69, 9.17) is 0 Å². The minimum atomic E-state index is -6.14. The molecule has 3 aliphatic carbocycles. The average molecular weight is 1030 g/mol. The quantitative estimate of drug-likeness (QED) is 0.164. The van der Waals surface area contributed by atoms with Gasteiger partial charge in [-0.2, -0.15) is 26.3 Å². The van der Waals surface area contributed by atoms with E-state index in [1.165, 1.54) is 0 Å². The maximum atomic E-state index is 13.6. The van der Waals surface area contributed by atoms with Crippen LogP contribution in [0.4, 0.5) is 39.5 Å². The Hall–Kier alpha value is -2.00. The molecule has 52 heavy (non-hydrogen) atoms. The minimum absolute atomic E-state index is 0. The number of hydrogen-bond acceptors (Lipinski definition) is 15. The molecule has 0 aromatic heterocycles. The van der Waals surface area contributed by atoms with E-state index < -0.39 is 133 Å². The maximum Gasteiger partial charge on any atom is 3.00 e. The minimum Gasteiger partial charge on any atom is -0.745 e. The van der Waals surface area contributed by atoms with Crippen LogP contribution in [-0.4, -0.2) is 133 Å². The van der Waals surface area contributed by atoms with Gasteiger partial charge in [0.1, 0.15) is 30.4 Å². The summed E-state index contributed by atoms with van der Waals surface area (Å²) in [4.78, 5) is 66.9. The molecular weight excluding hydrogens is 1000 g/mol. The number of hydrogen-bond donors (Lipinski definition) is 0. The molecule has 0 aliphatic heterocycles. The fourth-order valence-corrected chi connectivity index (χ4v) is 6.66. The molecule has 296 valence electrons. The third-order valence-electron chi connectivity index (χ3n) is 8.20. The molecule has 3 aliphatic rings. The molecule has 0 N–H and O–H groups in total. The molecular formula is C24H24BiF9O15S3. The smallest absolute Gasteiger partial charge is 0.745 e. The zero-order chi connectivity index (χ0) is 41.6. The van der Waals surface area contributed by atoms with Gasteiger partial charge >= 0.3 is 59.0 Å². The first-order chi connectivity index (χ1) is 21.8. The summed E-state index contributed by atoms with van der Waals surface area (Å²) in [6, 6.07) is 0. The van der Waals surface area contributed by atoms with Gasteiger partial charge in [-0.3, -0.25) is 28.8 Å². The van der Waals surface area contributed by atoms with Crippen molar-refractivity contribution in [3.63, 3.8) is 0 Å². The summed E-state index contributed by atoms with van der Waals surface area (Å²) >= 11 is 0. The largest absolute Gasteiger partial charge is 3.00 e. The van der Waals surface area contributed by atoms with Gasteiger partial charge in [0.25, 0.3) is 17.3 Å². The summed E-state index contributed by atoms with van der Waals surface area (Å²) in [5, 5.41) is -14.1. The normalized spacial score (nSPS) is 32.0. The van der Waals surface area contributed by atoms with Crippen molar-refractivity contribution >= 4 is 91.3 Å². The van der Waals surface area contributed by atoms with Crippen LogP contribution in [0.1, 0.15) is 60.8 Å².